The molecule has 0 spiro atoms. The molecule has 7 N–H and O–H groups in total. The largest absolute Gasteiger partial charge is 0.497 e. The van der Waals surface area contributed by atoms with Crippen LogP contribution in [-0.4, -0.2) is 35.9 Å². The molecule has 2 aromatic carbocycles. The second-order valence-corrected chi connectivity index (χ2v) is 9.35. The third kappa shape index (κ3) is 6.67. The molecule has 0 fully saturated rings. The number of fused-ring (bicyclic) bond motifs is 4. The number of H-pyrrole nitrogens is 1. The Morgan fingerprint density at radius 2 is 2.15 bits per heavy atom. The SMILES string of the molecule is COc1ccc2c(c1)NCCCCC[C@H](NC(=O)/C=C/c1cc(Cl)ccc1N(N)/C=N\N)c1nc-2c(C#N)[nH]1. The first-order valence-electron chi connectivity index (χ1n) is 12.4. The molecule has 0 unspecified atom stereocenters. The monoisotopic (exact) mass is 547 g/mol. The second kappa shape index (κ2) is 12.8. The van der Waals surface area contributed by atoms with Crippen molar-refractivity contribution in [2.75, 3.05) is 24.0 Å². The van der Waals surface area contributed by atoms with Gasteiger partial charge in [-0.15, -0.1) is 0 Å². The van der Waals surface area contributed by atoms with Crippen molar-refractivity contribution in [1.82, 2.24) is 15.3 Å². The van der Waals surface area contributed by atoms with Gasteiger partial charge in [-0.2, -0.15) is 10.4 Å². The molecule has 1 aromatic heterocycles. The predicted molar refractivity (Wildman–Crippen MR) is 153 cm³/mol. The predicted octanol–water partition coefficient (Wildman–Crippen LogP) is 4.05. The first-order valence-corrected chi connectivity index (χ1v) is 12.8. The van der Waals surface area contributed by atoms with Crippen molar-refractivity contribution in [2.24, 2.45) is 16.8 Å². The van der Waals surface area contributed by atoms with Gasteiger partial charge < -0.3 is 26.2 Å². The van der Waals surface area contributed by atoms with Gasteiger partial charge in [0.2, 0.25) is 5.91 Å². The number of amides is 1. The number of hydrazone groups is 1. The molecule has 2 bridgehead atoms. The molecule has 1 aliphatic heterocycles. The number of nitrogens with two attached hydrogens (primary N) is 2. The van der Waals surface area contributed by atoms with Crippen molar-refractivity contribution in [3.63, 3.8) is 0 Å². The molecule has 3 aromatic rings. The summed E-state index contributed by atoms with van der Waals surface area (Å²) in [4.78, 5) is 20.9. The van der Waals surface area contributed by atoms with Gasteiger partial charge in [0.1, 0.15) is 35.4 Å². The zero-order valence-corrected chi connectivity index (χ0v) is 22.2. The van der Waals surface area contributed by atoms with Crippen LogP contribution in [0.1, 0.15) is 48.8 Å². The van der Waals surface area contributed by atoms with E-state index < -0.39 is 6.04 Å². The summed E-state index contributed by atoms with van der Waals surface area (Å²) >= 11 is 6.16. The molecule has 202 valence electrons. The molecule has 11 nitrogen and oxygen atoms in total. The van der Waals surface area contributed by atoms with E-state index in [1.54, 1.807) is 31.4 Å². The number of hydrogen-bond acceptors (Lipinski definition) is 8. The molecule has 0 aliphatic carbocycles. The summed E-state index contributed by atoms with van der Waals surface area (Å²) in [6.07, 6.45) is 7.67. The molecule has 1 aliphatic rings. The van der Waals surface area contributed by atoms with Gasteiger partial charge in [-0.3, -0.25) is 9.80 Å². The fourth-order valence-electron chi connectivity index (χ4n) is 4.40. The molecule has 0 saturated carbocycles. The molecule has 0 radical (unpaired) electrons. The van der Waals surface area contributed by atoms with Gasteiger partial charge in [0.25, 0.3) is 0 Å². The molecule has 1 atom stereocenters. The second-order valence-electron chi connectivity index (χ2n) is 8.91. The molecule has 2 heterocycles. The third-order valence-corrected chi connectivity index (χ3v) is 6.56. The number of rotatable bonds is 6. The minimum absolute atomic E-state index is 0.320. The Balaban J connectivity index is 1.63. The maximum atomic E-state index is 13.0. The number of halogens is 1. The number of carbonyl (C=O) groups excluding carboxylic acids is 1. The van der Waals surface area contributed by atoms with E-state index in [-0.39, 0.29) is 5.91 Å². The minimum atomic E-state index is -0.425. The van der Waals surface area contributed by atoms with Gasteiger partial charge in [-0.1, -0.05) is 24.4 Å². The molecular formula is C27H30ClN9O2. The summed E-state index contributed by atoms with van der Waals surface area (Å²) in [5.74, 6) is 12.1. The molecule has 4 rings (SSSR count). The minimum Gasteiger partial charge on any atom is -0.497 e. The summed E-state index contributed by atoms with van der Waals surface area (Å²) in [7, 11) is 1.61. The fourth-order valence-corrected chi connectivity index (χ4v) is 4.58. The van der Waals surface area contributed by atoms with Gasteiger partial charge in [0.05, 0.1) is 18.8 Å². The lowest BCUT2D eigenvalue weighted by Crippen LogP contribution is -2.30. The van der Waals surface area contributed by atoms with E-state index in [0.717, 1.165) is 37.1 Å². The van der Waals surface area contributed by atoms with Gasteiger partial charge in [0.15, 0.2) is 0 Å². The molecule has 1 amide bonds. The van der Waals surface area contributed by atoms with E-state index in [0.29, 0.717) is 45.7 Å². The Kier molecular flexibility index (Phi) is 9.04. The molecule has 12 heteroatoms. The van der Waals surface area contributed by atoms with Crippen molar-refractivity contribution in [3.05, 3.63) is 64.6 Å². The van der Waals surface area contributed by atoms with Crippen LogP contribution < -0.4 is 32.1 Å². The van der Waals surface area contributed by atoms with Crippen molar-refractivity contribution in [3.8, 4) is 23.1 Å². The Labute approximate surface area is 231 Å². The number of nitrogens with zero attached hydrogens (tertiary/aromatic N) is 4. The Morgan fingerprint density at radius 1 is 1.31 bits per heavy atom. The number of anilines is 2. The maximum Gasteiger partial charge on any atom is 0.244 e. The fraction of sp³-hybridized carbons (Fsp3) is 0.259. The number of hydrogen-bond donors (Lipinski definition) is 5. The highest BCUT2D eigenvalue weighted by atomic mass is 35.5. The van der Waals surface area contributed by atoms with Crippen molar-refractivity contribution in [2.45, 2.75) is 31.7 Å². The number of nitrogens with one attached hydrogen (secondary N) is 3. The van der Waals surface area contributed by atoms with E-state index in [1.807, 2.05) is 18.2 Å². The number of nitriles is 1. The Morgan fingerprint density at radius 3 is 2.92 bits per heavy atom. The van der Waals surface area contributed by atoms with Gasteiger partial charge in [-0.05, 0) is 49.2 Å². The average Bonchev–Trinajstić information content (AvgIpc) is 3.37. The van der Waals surface area contributed by atoms with Gasteiger partial charge in [-0.25, -0.2) is 10.8 Å². The zero-order valence-electron chi connectivity index (χ0n) is 21.4. The standard InChI is InChI=1S/C27H30ClN9O2/c1-39-19-8-9-20-22(14-19)32-12-4-2-3-5-21(27-35-23(15-29)26(20)36-27)34-25(38)11-6-17-13-18(28)7-10-24(17)37(31)16-33-30/h6-11,13-14,16,21,32H,2-5,12,30-31H2,1H3,(H,34,38)(H,35,36)/b11-6+,33-16-/t21-/m0/s1. The van der Waals surface area contributed by atoms with Crippen LogP contribution in [0.3, 0.4) is 0 Å². The summed E-state index contributed by atoms with van der Waals surface area (Å²) < 4.78 is 5.38. The van der Waals surface area contributed by atoms with Crippen LogP contribution in [0.4, 0.5) is 11.4 Å². The van der Waals surface area contributed by atoms with E-state index in [2.05, 4.69) is 26.8 Å². The van der Waals surface area contributed by atoms with Crippen molar-refractivity contribution in [1.29, 1.82) is 5.26 Å². The zero-order chi connectivity index (χ0) is 27.8. The number of benzene rings is 2. The average molecular weight is 548 g/mol. The summed E-state index contributed by atoms with van der Waals surface area (Å²) in [5, 5.41) is 21.5. The van der Waals surface area contributed by atoms with E-state index in [1.165, 1.54) is 17.4 Å². The van der Waals surface area contributed by atoms with E-state index in [4.69, 9.17) is 33.0 Å². The number of imidazole rings is 1. The van der Waals surface area contributed by atoms with Crippen molar-refractivity contribution < 1.29 is 9.53 Å². The number of methoxy groups -OCH3 is 1. The first-order chi connectivity index (χ1) is 18.9. The van der Waals surface area contributed by atoms with E-state index in [9.17, 15) is 10.1 Å². The lowest BCUT2D eigenvalue weighted by atomic mass is 10.1. The smallest absolute Gasteiger partial charge is 0.244 e. The highest BCUT2D eigenvalue weighted by molar-refractivity contribution is 6.30. The highest BCUT2D eigenvalue weighted by Crippen LogP contribution is 2.34. The summed E-state index contributed by atoms with van der Waals surface area (Å²) in [5.41, 5.74) is 3.61. The van der Waals surface area contributed by atoms with Crippen LogP contribution in [0.5, 0.6) is 5.75 Å². The maximum absolute atomic E-state index is 13.0. The number of aromatic nitrogens is 2. The summed E-state index contributed by atoms with van der Waals surface area (Å²) in [6, 6.07) is 12.4. The van der Waals surface area contributed by atoms with Gasteiger partial charge >= 0.3 is 0 Å². The number of hydrazine groups is 1. The van der Waals surface area contributed by atoms with Crippen LogP contribution in [0.15, 0.2) is 47.6 Å². The topological polar surface area (TPSA) is 170 Å². The lowest BCUT2D eigenvalue weighted by Gasteiger charge is -2.17. The van der Waals surface area contributed by atoms with Crippen LogP contribution >= 0.6 is 11.6 Å². The number of carbonyl (C=O) groups is 1. The van der Waals surface area contributed by atoms with Crippen LogP contribution in [0.2, 0.25) is 5.02 Å². The first kappa shape index (κ1) is 27.5. The summed E-state index contributed by atoms with van der Waals surface area (Å²) in [6.45, 7) is 0.758. The third-order valence-electron chi connectivity index (χ3n) is 6.32. The number of ether oxygens (including phenoxy) is 1. The van der Waals surface area contributed by atoms with Crippen LogP contribution in [0.25, 0.3) is 17.3 Å². The Hall–Kier alpha value is -4.53. The van der Waals surface area contributed by atoms with Gasteiger partial charge in [0, 0.05) is 40.5 Å². The number of aromatic amines is 1. The molecule has 39 heavy (non-hydrogen) atoms. The highest BCUT2D eigenvalue weighted by Gasteiger charge is 2.23. The van der Waals surface area contributed by atoms with Crippen LogP contribution in [-0.2, 0) is 4.79 Å². The quantitative estimate of drug-likeness (QED) is 0.101. The van der Waals surface area contributed by atoms with Crippen LogP contribution in [0, 0.1) is 11.3 Å². The normalized spacial score (nSPS) is 15.5. The Bertz CT molecular complexity index is 1430. The lowest BCUT2D eigenvalue weighted by molar-refractivity contribution is -0.117. The van der Waals surface area contributed by atoms with E-state index >= 15 is 0 Å². The van der Waals surface area contributed by atoms with Crippen molar-refractivity contribution >= 4 is 41.3 Å². The molecular weight excluding hydrogens is 518 g/mol. The molecule has 0 saturated heterocycles.